The number of unbranched alkanes of at least 4 members (excludes halogenated alkanes) is 8. The van der Waals surface area contributed by atoms with Gasteiger partial charge in [-0.25, -0.2) is 0 Å². The number of carboxylic acid groups (broad SMARTS) is 1. The van der Waals surface area contributed by atoms with E-state index in [4.69, 9.17) is 9.84 Å². The number of aliphatic carboxylic acids is 1. The minimum absolute atomic E-state index is 0.0944. The molecule has 1 heterocycles. The largest absolute Gasteiger partial charge is 0.481 e. The maximum Gasteiger partial charge on any atom is 0.303 e. The van der Waals surface area contributed by atoms with Crippen LogP contribution < -0.4 is 0 Å². The molecule has 5 nitrogen and oxygen atoms in total. The number of nitrogens with zero attached hydrogens (tertiary/aromatic N) is 1. The summed E-state index contributed by atoms with van der Waals surface area (Å²) < 4.78 is 5.94. The summed E-state index contributed by atoms with van der Waals surface area (Å²) in [5.74, 6) is -0.812. The summed E-state index contributed by atoms with van der Waals surface area (Å²) in [5, 5.41) is 22.7. The number of hydrogen-bond acceptors (Lipinski definition) is 3. The zero-order valence-corrected chi connectivity index (χ0v) is 16.5. The van der Waals surface area contributed by atoms with Gasteiger partial charge in [0.15, 0.2) is 0 Å². The van der Waals surface area contributed by atoms with Gasteiger partial charge in [-0.15, -0.1) is 10.3 Å². The number of ether oxygens (including phenoxy) is 1. The lowest BCUT2D eigenvalue weighted by atomic mass is 9.95. The maximum atomic E-state index is 12.7. The van der Waals surface area contributed by atoms with Gasteiger partial charge in [0.1, 0.15) is 5.72 Å². The Balaban J connectivity index is 2.33. The smallest absolute Gasteiger partial charge is 0.303 e. The Morgan fingerprint density at radius 3 is 1.96 bits per heavy atom. The Hall–Kier alpha value is -0.650. The Bertz CT molecular complexity index is 386. The summed E-state index contributed by atoms with van der Waals surface area (Å²) in [7, 11) is 0. The highest BCUT2D eigenvalue weighted by molar-refractivity contribution is 5.66. The fourth-order valence-corrected chi connectivity index (χ4v) is 3.68. The second kappa shape index (κ2) is 11.1. The lowest BCUT2D eigenvalue weighted by molar-refractivity contribution is -0.296. The van der Waals surface area contributed by atoms with Crippen molar-refractivity contribution in [3.63, 3.8) is 0 Å². The Kier molecular flexibility index (Phi) is 9.98. The van der Waals surface area contributed by atoms with Crippen molar-refractivity contribution in [3.8, 4) is 0 Å². The highest BCUT2D eigenvalue weighted by Gasteiger charge is 2.51. The summed E-state index contributed by atoms with van der Waals surface area (Å²) in [6.07, 6.45) is 13.0. The molecule has 1 N–H and O–H groups in total. The minimum atomic E-state index is -0.819. The zero-order chi connectivity index (χ0) is 18.8. The molecule has 1 atom stereocenters. The molecule has 0 bridgehead atoms. The Labute approximate surface area is 153 Å². The van der Waals surface area contributed by atoms with Crippen LogP contribution in [0.1, 0.15) is 104 Å². The summed E-state index contributed by atoms with van der Waals surface area (Å²) in [4.78, 5) is 10.8. The molecule has 0 aromatic carbocycles. The van der Waals surface area contributed by atoms with Crippen molar-refractivity contribution in [3.05, 3.63) is 0 Å². The summed E-state index contributed by atoms with van der Waals surface area (Å²) >= 11 is 0. The van der Waals surface area contributed by atoms with Crippen LogP contribution in [0.3, 0.4) is 0 Å². The van der Waals surface area contributed by atoms with Gasteiger partial charge in [-0.2, -0.15) is 0 Å². The van der Waals surface area contributed by atoms with E-state index in [0.717, 1.165) is 17.9 Å². The van der Waals surface area contributed by atoms with E-state index in [1.54, 1.807) is 0 Å². The van der Waals surface area contributed by atoms with Crippen molar-refractivity contribution in [1.82, 2.24) is 5.06 Å². The third-order valence-corrected chi connectivity index (χ3v) is 5.24. The van der Waals surface area contributed by atoms with Gasteiger partial charge >= 0.3 is 5.97 Å². The van der Waals surface area contributed by atoms with Crippen molar-refractivity contribution in [2.24, 2.45) is 0 Å². The first-order chi connectivity index (χ1) is 11.8. The van der Waals surface area contributed by atoms with Gasteiger partial charge < -0.3 is 9.84 Å². The van der Waals surface area contributed by atoms with Crippen LogP contribution >= 0.6 is 0 Å². The van der Waals surface area contributed by atoms with Gasteiger partial charge in [0.05, 0.1) is 12.1 Å². The van der Waals surface area contributed by atoms with E-state index in [9.17, 15) is 10.0 Å². The van der Waals surface area contributed by atoms with E-state index in [1.165, 1.54) is 44.9 Å². The summed E-state index contributed by atoms with van der Waals surface area (Å²) in [5.41, 5.74) is -1.34. The van der Waals surface area contributed by atoms with Crippen LogP contribution in [0.25, 0.3) is 0 Å². The third-order valence-electron chi connectivity index (χ3n) is 5.24. The number of carboxylic acids is 1. The van der Waals surface area contributed by atoms with Crippen LogP contribution in [0, 0.1) is 0 Å². The highest BCUT2D eigenvalue weighted by Crippen LogP contribution is 2.40. The third kappa shape index (κ3) is 7.63. The standard InChI is InChI=1S/C20H38NO4/c1-4-5-6-7-8-9-10-11-12-15-20(16-13-14-18(22)23)21(24)19(2,3)17-25-20/h4-17H2,1-3H3,(H,22,23). The Morgan fingerprint density at radius 1 is 0.960 bits per heavy atom. The van der Waals surface area contributed by atoms with Crippen molar-refractivity contribution in [2.75, 3.05) is 6.61 Å². The quantitative estimate of drug-likeness (QED) is 0.428. The normalized spacial score (nSPS) is 23.2. The van der Waals surface area contributed by atoms with Crippen LogP contribution in [0.15, 0.2) is 0 Å². The first-order valence-corrected chi connectivity index (χ1v) is 10.2. The number of hydrogen-bond donors (Lipinski definition) is 1. The Morgan fingerprint density at radius 2 is 1.48 bits per heavy atom. The fourth-order valence-electron chi connectivity index (χ4n) is 3.68. The molecule has 0 aliphatic carbocycles. The second-order valence-electron chi connectivity index (χ2n) is 8.17. The lowest BCUT2D eigenvalue weighted by Crippen LogP contribution is -2.49. The lowest BCUT2D eigenvalue weighted by Gasteiger charge is -2.35. The zero-order valence-electron chi connectivity index (χ0n) is 16.5. The molecule has 1 saturated heterocycles. The van der Waals surface area contributed by atoms with Crippen LogP contribution in [0.2, 0.25) is 0 Å². The molecule has 0 aromatic rings. The van der Waals surface area contributed by atoms with E-state index in [0.29, 0.717) is 25.9 Å². The predicted octanol–water partition coefficient (Wildman–Crippen LogP) is 5.31. The molecule has 1 fully saturated rings. The first-order valence-electron chi connectivity index (χ1n) is 10.2. The fraction of sp³-hybridized carbons (Fsp3) is 0.950. The predicted molar refractivity (Wildman–Crippen MR) is 98.6 cm³/mol. The van der Waals surface area contributed by atoms with Crippen LogP contribution in [-0.2, 0) is 14.7 Å². The molecule has 147 valence electrons. The average Bonchev–Trinajstić information content (AvgIpc) is 2.78. The summed E-state index contributed by atoms with van der Waals surface area (Å²) in [6.45, 7) is 6.45. The number of hydroxylamine groups is 2. The first kappa shape index (κ1) is 22.4. The molecule has 25 heavy (non-hydrogen) atoms. The average molecular weight is 357 g/mol. The van der Waals surface area contributed by atoms with Crippen LogP contribution in [-0.4, -0.2) is 34.0 Å². The van der Waals surface area contributed by atoms with Gasteiger partial charge in [0.25, 0.3) is 0 Å². The van der Waals surface area contributed by atoms with E-state index in [1.807, 2.05) is 13.8 Å². The van der Waals surface area contributed by atoms with E-state index in [2.05, 4.69) is 6.92 Å². The second-order valence-corrected chi connectivity index (χ2v) is 8.17. The van der Waals surface area contributed by atoms with E-state index < -0.39 is 17.2 Å². The van der Waals surface area contributed by atoms with Crippen LogP contribution in [0.5, 0.6) is 0 Å². The molecule has 5 heteroatoms. The van der Waals surface area contributed by atoms with Gasteiger partial charge in [0, 0.05) is 6.42 Å². The van der Waals surface area contributed by atoms with Crippen molar-refractivity contribution < 1.29 is 19.8 Å². The van der Waals surface area contributed by atoms with Gasteiger partial charge in [0.2, 0.25) is 0 Å². The molecule has 1 aliphatic heterocycles. The van der Waals surface area contributed by atoms with Gasteiger partial charge in [-0.05, 0) is 39.5 Å². The van der Waals surface area contributed by atoms with E-state index >= 15 is 0 Å². The van der Waals surface area contributed by atoms with Crippen molar-refractivity contribution >= 4 is 5.97 Å². The summed E-state index contributed by atoms with van der Waals surface area (Å²) in [6, 6.07) is 0. The highest BCUT2D eigenvalue weighted by atomic mass is 16.6. The molecular formula is C20H38NO4. The SMILES string of the molecule is CCCCCCCCCCCC1(CCCC(=O)O)OCC(C)(C)N1[O]. The van der Waals surface area contributed by atoms with Crippen molar-refractivity contribution in [1.29, 1.82) is 0 Å². The van der Waals surface area contributed by atoms with Gasteiger partial charge in [-0.1, -0.05) is 58.3 Å². The molecule has 0 spiro atoms. The van der Waals surface area contributed by atoms with Crippen molar-refractivity contribution in [2.45, 2.75) is 116 Å². The number of rotatable bonds is 14. The molecule has 1 radical (unpaired) electrons. The molecule has 1 unspecified atom stereocenters. The molecule has 0 saturated carbocycles. The van der Waals surface area contributed by atoms with E-state index in [-0.39, 0.29) is 6.42 Å². The maximum absolute atomic E-state index is 12.7. The van der Waals surface area contributed by atoms with Crippen LogP contribution in [0.4, 0.5) is 0 Å². The number of carbonyl (C=O) groups is 1. The minimum Gasteiger partial charge on any atom is -0.481 e. The molecule has 0 amide bonds. The molecule has 1 aliphatic rings. The molecular weight excluding hydrogens is 318 g/mol. The topological polar surface area (TPSA) is 69.7 Å². The monoisotopic (exact) mass is 356 g/mol. The molecule has 1 rings (SSSR count). The molecule has 0 aromatic heterocycles. The van der Waals surface area contributed by atoms with Gasteiger partial charge in [-0.3, -0.25) is 4.79 Å².